The summed E-state index contributed by atoms with van der Waals surface area (Å²) < 4.78 is 74.5. The molecular weight excluding hydrogens is 288 g/mol. The monoisotopic (exact) mass is 292 g/mol. The summed E-state index contributed by atoms with van der Waals surface area (Å²) in [5.74, 6) is -1.61. The second-order valence-electron chi connectivity index (χ2n) is 2.93. The van der Waals surface area contributed by atoms with Crippen LogP contribution in [0.25, 0.3) is 0 Å². The van der Waals surface area contributed by atoms with Gasteiger partial charge in [-0.3, -0.25) is 0 Å². The molecule has 1 aromatic carbocycles. The molecule has 0 radical (unpaired) electrons. The number of benzene rings is 1. The Balaban J connectivity index is 3.08. The van der Waals surface area contributed by atoms with Crippen LogP contribution in [0.4, 0.5) is 17.6 Å². The molecule has 0 atom stereocenters. The minimum Gasteiger partial charge on any atom is -0.483 e. The van der Waals surface area contributed by atoms with Gasteiger partial charge in [0.1, 0.15) is 16.5 Å². The molecule has 96 valence electrons. The van der Waals surface area contributed by atoms with E-state index in [1.165, 1.54) is 0 Å². The van der Waals surface area contributed by atoms with E-state index >= 15 is 0 Å². The first kappa shape index (κ1) is 14.0. The Morgan fingerprint density at radius 3 is 2.35 bits per heavy atom. The molecule has 0 unspecified atom stereocenters. The molecule has 0 saturated carbocycles. The topological polar surface area (TPSA) is 43.4 Å². The number of rotatable bonds is 3. The Bertz CT molecular complexity index is 512. The minimum atomic E-state index is -4.64. The summed E-state index contributed by atoms with van der Waals surface area (Å²) in [6, 6.07) is 2.00. The number of hydrogen-bond donors (Lipinski definition) is 0. The van der Waals surface area contributed by atoms with E-state index in [0.29, 0.717) is 6.07 Å². The Hall–Kier alpha value is -1.02. The predicted octanol–water partition coefficient (Wildman–Crippen LogP) is 2.69. The first-order chi connectivity index (χ1) is 7.59. The third-order valence-corrected chi connectivity index (χ3v) is 2.90. The van der Waals surface area contributed by atoms with E-state index in [4.69, 9.17) is 10.7 Å². The number of halogens is 5. The lowest BCUT2D eigenvalue weighted by atomic mass is 10.3. The standard InChI is InChI=1S/C8H5ClF4O3S/c9-17(14,15)7-3-5(10)1-2-6(7)16-4-8(11,12)13/h1-3H,4H2. The lowest BCUT2D eigenvalue weighted by molar-refractivity contribution is -0.153. The van der Waals surface area contributed by atoms with Gasteiger partial charge < -0.3 is 4.74 Å². The van der Waals surface area contributed by atoms with Crippen molar-refractivity contribution in [3.63, 3.8) is 0 Å². The van der Waals surface area contributed by atoms with Crippen LogP contribution in [0.3, 0.4) is 0 Å². The van der Waals surface area contributed by atoms with Crippen LogP contribution in [-0.4, -0.2) is 21.2 Å². The zero-order chi connectivity index (χ0) is 13.3. The van der Waals surface area contributed by atoms with E-state index < -0.39 is 38.3 Å². The van der Waals surface area contributed by atoms with E-state index in [0.717, 1.165) is 12.1 Å². The van der Waals surface area contributed by atoms with Gasteiger partial charge in [0.25, 0.3) is 9.05 Å². The van der Waals surface area contributed by atoms with Crippen LogP contribution >= 0.6 is 10.7 Å². The van der Waals surface area contributed by atoms with E-state index in [9.17, 15) is 26.0 Å². The molecule has 17 heavy (non-hydrogen) atoms. The molecule has 3 nitrogen and oxygen atoms in total. The highest BCUT2D eigenvalue weighted by Gasteiger charge is 2.29. The highest BCUT2D eigenvalue weighted by atomic mass is 35.7. The molecule has 0 aliphatic rings. The number of ether oxygens (including phenoxy) is 1. The fourth-order valence-electron chi connectivity index (χ4n) is 0.951. The largest absolute Gasteiger partial charge is 0.483 e. The zero-order valence-corrected chi connectivity index (χ0v) is 9.53. The molecule has 0 saturated heterocycles. The third-order valence-electron chi connectivity index (χ3n) is 1.56. The summed E-state index contributed by atoms with van der Waals surface area (Å²) in [5.41, 5.74) is 0. The van der Waals surface area contributed by atoms with Crippen LogP contribution in [0.2, 0.25) is 0 Å². The molecule has 1 rings (SSSR count). The number of alkyl halides is 3. The molecule has 0 heterocycles. The van der Waals surface area contributed by atoms with Crippen molar-refractivity contribution in [3.8, 4) is 5.75 Å². The van der Waals surface area contributed by atoms with Crippen LogP contribution < -0.4 is 4.74 Å². The quantitative estimate of drug-likeness (QED) is 0.635. The van der Waals surface area contributed by atoms with Gasteiger partial charge in [-0.05, 0) is 18.2 Å². The van der Waals surface area contributed by atoms with Crippen LogP contribution in [0.1, 0.15) is 0 Å². The smallest absolute Gasteiger partial charge is 0.422 e. The second kappa shape index (κ2) is 4.69. The minimum absolute atomic E-state index is 0.480. The predicted molar refractivity (Wildman–Crippen MR) is 51.0 cm³/mol. The van der Waals surface area contributed by atoms with E-state index in [1.807, 2.05) is 0 Å². The highest BCUT2D eigenvalue weighted by Crippen LogP contribution is 2.29. The van der Waals surface area contributed by atoms with Crippen molar-refractivity contribution in [2.24, 2.45) is 0 Å². The fraction of sp³-hybridized carbons (Fsp3) is 0.250. The molecule has 0 amide bonds. The van der Waals surface area contributed by atoms with Gasteiger partial charge in [-0.1, -0.05) is 0 Å². The average molecular weight is 293 g/mol. The molecule has 0 aliphatic carbocycles. The van der Waals surface area contributed by atoms with Crippen molar-refractivity contribution in [1.29, 1.82) is 0 Å². The maximum Gasteiger partial charge on any atom is 0.422 e. The van der Waals surface area contributed by atoms with Crippen molar-refractivity contribution in [3.05, 3.63) is 24.0 Å². The van der Waals surface area contributed by atoms with Crippen LogP contribution in [-0.2, 0) is 9.05 Å². The van der Waals surface area contributed by atoms with Crippen LogP contribution in [0, 0.1) is 5.82 Å². The van der Waals surface area contributed by atoms with Crippen LogP contribution in [0.15, 0.2) is 23.1 Å². The summed E-state index contributed by atoms with van der Waals surface area (Å²) in [6.45, 7) is -1.70. The van der Waals surface area contributed by atoms with Gasteiger partial charge in [-0.25, -0.2) is 12.8 Å². The summed E-state index contributed by atoms with van der Waals surface area (Å²) in [7, 11) is 0.546. The summed E-state index contributed by atoms with van der Waals surface area (Å²) in [4.78, 5) is -0.844. The van der Waals surface area contributed by atoms with Crippen molar-refractivity contribution in [1.82, 2.24) is 0 Å². The maximum absolute atomic E-state index is 12.8. The molecule has 0 aliphatic heterocycles. The molecule has 0 N–H and O–H groups in total. The average Bonchev–Trinajstić information content (AvgIpc) is 2.13. The summed E-state index contributed by atoms with van der Waals surface area (Å²) >= 11 is 0. The zero-order valence-electron chi connectivity index (χ0n) is 7.96. The van der Waals surface area contributed by atoms with Crippen molar-refractivity contribution in [2.75, 3.05) is 6.61 Å². The number of hydrogen-bond acceptors (Lipinski definition) is 3. The molecule has 0 aromatic heterocycles. The summed E-state index contributed by atoms with van der Waals surface area (Å²) in [6.07, 6.45) is -4.64. The lowest BCUT2D eigenvalue weighted by Gasteiger charge is -2.11. The molecule has 0 bridgehead atoms. The first-order valence-corrected chi connectivity index (χ1v) is 6.34. The highest BCUT2D eigenvalue weighted by molar-refractivity contribution is 8.13. The third kappa shape index (κ3) is 4.39. The van der Waals surface area contributed by atoms with Crippen molar-refractivity contribution in [2.45, 2.75) is 11.1 Å². The van der Waals surface area contributed by atoms with Gasteiger partial charge in [0.05, 0.1) is 0 Å². The first-order valence-electron chi connectivity index (χ1n) is 4.03. The Kier molecular flexibility index (Phi) is 3.88. The fourth-order valence-corrected chi connectivity index (χ4v) is 1.93. The second-order valence-corrected chi connectivity index (χ2v) is 5.47. The lowest BCUT2D eigenvalue weighted by Crippen LogP contribution is -2.20. The van der Waals surface area contributed by atoms with E-state index in [2.05, 4.69) is 4.74 Å². The molecule has 1 aromatic rings. The van der Waals surface area contributed by atoms with Crippen molar-refractivity contribution < 1.29 is 30.7 Å². The van der Waals surface area contributed by atoms with Gasteiger partial charge in [0, 0.05) is 10.7 Å². The Morgan fingerprint density at radius 2 is 1.88 bits per heavy atom. The molecule has 9 heteroatoms. The summed E-state index contributed by atoms with van der Waals surface area (Å²) in [5, 5.41) is 0. The SMILES string of the molecule is O=S(=O)(Cl)c1cc(F)ccc1OCC(F)(F)F. The van der Waals surface area contributed by atoms with Crippen molar-refractivity contribution >= 4 is 19.7 Å². The van der Waals surface area contributed by atoms with Gasteiger partial charge in [-0.2, -0.15) is 13.2 Å². The maximum atomic E-state index is 12.8. The van der Waals surface area contributed by atoms with E-state index in [1.54, 1.807) is 0 Å². The van der Waals surface area contributed by atoms with Gasteiger partial charge in [-0.15, -0.1) is 0 Å². The van der Waals surface area contributed by atoms with Crippen LogP contribution in [0.5, 0.6) is 5.75 Å². The Labute approximate surface area is 98.4 Å². The van der Waals surface area contributed by atoms with Gasteiger partial charge in [0.2, 0.25) is 0 Å². The molecular formula is C8H5ClF4O3S. The van der Waals surface area contributed by atoms with Gasteiger partial charge in [0.15, 0.2) is 6.61 Å². The van der Waals surface area contributed by atoms with Gasteiger partial charge >= 0.3 is 6.18 Å². The normalized spacial score (nSPS) is 12.5. The molecule has 0 fully saturated rings. The van der Waals surface area contributed by atoms with E-state index in [-0.39, 0.29) is 0 Å². The molecule has 0 spiro atoms. The Morgan fingerprint density at radius 1 is 1.29 bits per heavy atom.